The smallest absolute Gasteiger partial charge is 0.00954 e. The quantitative estimate of drug-likeness (QED) is 0.693. The molecular weight excluding hydrogens is 230 g/mol. The SMILES string of the molecule is CCNC(CCC(C)(C)C)C1CCC(C(C)C)CC1. The summed E-state index contributed by atoms with van der Waals surface area (Å²) >= 11 is 0. The van der Waals surface area contributed by atoms with Crippen LogP contribution in [0, 0.1) is 23.2 Å². The van der Waals surface area contributed by atoms with Crippen LogP contribution in [-0.4, -0.2) is 12.6 Å². The molecule has 1 fully saturated rings. The molecule has 0 heterocycles. The van der Waals surface area contributed by atoms with Gasteiger partial charge in [0.25, 0.3) is 0 Å². The van der Waals surface area contributed by atoms with E-state index in [-0.39, 0.29) is 0 Å². The second-order valence-corrected chi connectivity index (χ2v) is 8.18. The minimum atomic E-state index is 0.475. The molecule has 0 aromatic heterocycles. The molecule has 114 valence electrons. The van der Waals surface area contributed by atoms with Crippen molar-refractivity contribution in [1.29, 1.82) is 0 Å². The van der Waals surface area contributed by atoms with Gasteiger partial charge in [-0.05, 0) is 68.2 Å². The molecule has 19 heavy (non-hydrogen) atoms. The monoisotopic (exact) mass is 267 g/mol. The normalized spacial score (nSPS) is 26.7. The molecule has 0 aromatic carbocycles. The number of hydrogen-bond acceptors (Lipinski definition) is 1. The van der Waals surface area contributed by atoms with Gasteiger partial charge in [0.05, 0.1) is 0 Å². The molecule has 0 bridgehead atoms. The van der Waals surface area contributed by atoms with Gasteiger partial charge in [-0.1, -0.05) is 41.5 Å². The van der Waals surface area contributed by atoms with E-state index in [0.29, 0.717) is 5.41 Å². The summed E-state index contributed by atoms with van der Waals surface area (Å²) in [6.07, 6.45) is 8.51. The summed E-state index contributed by atoms with van der Waals surface area (Å²) in [6, 6.07) is 0.761. The lowest BCUT2D eigenvalue weighted by molar-refractivity contribution is 0.175. The van der Waals surface area contributed by atoms with Crippen molar-refractivity contribution in [1.82, 2.24) is 5.32 Å². The van der Waals surface area contributed by atoms with Crippen molar-refractivity contribution < 1.29 is 0 Å². The van der Waals surface area contributed by atoms with Gasteiger partial charge in [0.1, 0.15) is 0 Å². The standard InChI is InChI=1S/C18H37N/c1-7-19-17(12-13-18(4,5)6)16-10-8-15(9-11-16)14(2)3/h14-17,19H,7-13H2,1-6H3. The van der Waals surface area contributed by atoms with Gasteiger partial charge in [-0.15, -0.1) is 0 Å². The summed E-state index contributed by atoms with van der Waals surface area (Å²) in [5.74, 6) is 2.80. The van der Waals surface area contributed by atoms with Gasteiger partial charge in [0.2, 0.25) is 0 Å². The van der Waals surface area contributed by atoms with Gasteiger partial charge in [0.15, 0.2) is 0 Å². The first-order valence-electron chi connectivity index (χ1n) is 8.57. The average molecular weight is 268 g/mol. The molecule has 1 aliphatic rings. The zero-order valence-electron chi connectivity index (χ0n) is 14.3. The van der Waals surface area contributed by atoms with Crippen molar-refractivity contribution in [3.05, 3.63) is 0 Å². The second kappa shape index (κ2) is 7.67. The van der Waals surface area contributed by atoms with Crippen molar-refractivity contribution in [3.63, 3.8) is 0 Å². The molecule has 1 N–H and O–H groups in total. The molecule has 0 aromatic rings. The van der Waals surface area contributed by atoms with Gasteiger partial charge in [-0.25, -0.2) is 0 Å². The van der Waals surface area contributed by atoms with Crippen LogP contribution in [0.5, 0.6) is 0 Å². The Kier molecular flexibility index (Phi) is 6.86. The van der Waals surface area contributed by atoms with E-state index in [4.69, 9.17) is 0 Å². The summed E-state index contributed by atoms with van der Waals surface area (Å²) in [7, 11) is 0. The first-order valence-corrected chi connectivity index (χ1v) is 8.57. The van der Waals surface area contributed by atoms with Crippen LogP contribution in [0.25, 0.3) is 0 Å². The van der Waals surface area contributed by atoms with E-state index < -0.39 is 0 Å². The Bertz CT molecular complexity index is 231. The van der Waals surface area contributed by atoms with Crippen molar-refractivity contribution in [2.45, 2.75) is 86.1 Å². The molecule has 0 saturated heterocycles. The minimum Gasteiger partial charge on any atom is -0.314 e. The zero-order chi connectivity index (χ0) is 14.5. The van der Waals surface area contributed by atoms with E-state index in [2.05, 4.69) is 46.9 Å². The first kappa shape index (κ1) is 17.0. The van der Waals surface area contributed by atoms with E-state index in [9.17, 15) is 0 Å². The topological polar surface area (TPSA) is 12.0 Å². The van der Waals surface area contributed by atoms with Crippen LogP contribution < -0.4 is 5.32 Å². The summed E-state index contributed by atoms with van der Waals surface area (Å²) in [5.41, 5.74) is 0.475. The fraction of sp³-hybridized carbons (Fsp3) is 1.00. The third-order valence-electron chi connectivity index (χ3n) is 5.00. The molecular formula is C18H37N. The largest absolute Gasteiger partial charge is 0.314 e. The predicted molar refractivity (Wildman–Crippen MR) is 86.4 cm³/mol. The van der Waals surface area contributed by atoms with Crippen LogP contribution in [-0.2, 0) is 0 Å². The Morgan fingerprint density at radius 3 is 1.95 bits per heavy atom. The van der Waals surface area contributed by atoms with Crippen LogP contribution in [0.2, 0.25) is 0 Å². The molecule has 1 unspecified atom stereocenters. The zero-order valence-corrected chi connectivity index (χ0v) is 14.3. The van der Waals surface area contributed by atoms with Crippen molar-refractivity contribution in [2.75, 3.05) is 6.54 Å². The van der Waals surface area contributed by atoms with Crippen LogP contribution in [0.15, 0.2) is 0 Å². The van der Waals surface area contributed by atoms with Crippen molar-refractivity contribution in [3.8, 4) is 0 Å². The van der Waals surface area contributed by atoms with Crippen LogP contribution in [0.4, 0.5) is 0 Å². The van der Waals surface area contributed by atoms with E-state index in [1.54, 1.807) is 0 Å². The van der Waals surface area contributed by atoms with Gasteiger partial charge in [-0.2, -0.15) is 0 Å². The molecule has 0 spiro atoms. The van der Waals surface area contributed by atoms with E-state index >= 15 is 0 Å². The summed E-state index contributed by atoms with van der Waals surface area (Å²) in [6.45, 7) is 15.3. The van der Waals surface area contributed by atoms with E-state index in [0.717, 1.165) is 30.3 Å². The molecule has 1 rings (SSSR count). The maximum absolute atomic E-state index is 3.77. The summed E-state index contributed by atoms with van der Waals surface area (Å²) < 4.78 is 0. The minimum absolute atomic E-state index is 0.475. The lowest BCUT2D eigenvalue weighted by Gasteiger charge is -2.36. The number of nitrogens with one attached hydrogen (secondary N) is 1. The highest BCUT2D eigenvalue weighted by Gasteiger charge is 2.28. The average Bonchev–Trinajstić information content (AvgIpc) is 2.33. The number of hydrogen-bond donors (Lipinski definition) is 1. The Morgan fingerprint density at radius 2 is 1.53 bits per heavy atom. The maximum Gasteiger partial charge on any atom is 0.00954 e. The molecule has 0 amide bonds. The molecule has 0 aliphatic heterocycles. The Labute approximate surface area is 121 Å². The van der Waals surface area contributed by atoms with E-state index in [1.165, 1.54) is 38.5 Å². The highest BCUT2D eigenvalue weighted by atomic mass is 14.9. The van der Waals surface area contributed by atoms with Gasteiger partial charge >= 0.3 is 0 Å². The second-order valence-electron chi connectivity index (χ2n) is 8.18. The van der Waals surface area contributed by atoms with Crippen molar-refractivity contribution in [2.24, 2.45) is 23.2 Å². The Balaban J connectivity index is 2.44. The first-order chi connectivity index (χ1) is 8.83. The fourth-order valence-corrected chi connectivity index (χ4v) is 3.57. The lowest BCUT2D eigenvalue weighted by Crippen LogP contribution is -2.39. The van der Waals surface area contributed by atoms with Crippen LogP contribution >= 0.6 is 0 Å². The Hall–Kier alpha value is -0.0400. The van der Waals surface area contributed by atoms with Gasteiger partial charge in [-0.3, -0.25) is 0 Å². The highest BCUT2D eigenvalue weighted by molar-refractivity contribution is 4.83. The third-order valence-corrected chi connectivity index (χ3v) is 5.00. The fourth-order valence-electron chi connectivity index (χ4n) is 3.57. The van der Waals surface area contributed by atoms with Crippen LogP contribution in [0.3, 0.4) is 0 Å². The molecule has 1 saturated carbocycles. The number of rotatable bonds is 6. The van der Waals surface area contributed by atoms with Gasteiger partial charge in [0, 0.05) is 6.04 Å². The molecule has 1 heteroatoms. The molecule has 0 radical (unpaired) electrons. The maximum atomic E-state index is 3.77. The predicted octanol–water partition coefficient (Wildman–Crippen LogP) is 5.25. The summed E-state index contributed by atoms with van der Waals surface area (Å²) in [5, 5.41) is 3.77. The van der Waals surface area contributed by atoms with Gasteiger partial charge < -0.3 is 5.32 Å². The Morgan fingerprint density at radius 1 is 1.00 bits per heavy atom. The highest BCUT2D eigenvalue weighted by Crippen LogP contribution is 2.36. The molecule has 1 aliphatic carbocycles. The van der Waals surface area contributed by atoms with E-state index in [1.807, 2.05) is 0 Å². The van der Waals surface area contributed by atoms with Crippen molar-refractivity contribution >= 4 is 0 Å². The summed E-state index contributed by atoms with van der Waals surface area (Å²) in [4.78, 5) is 0. The molecule has 1 nitrogen and oxygen atoms in total. The lowest BCUT2D eigenvalue weighted by atomic mass is 9.73. The third kappa shape index (κ3) is 6.29. The molecule has 1 atom stereocenters. The van der Waals surface area contributed by atoms with Crippen LogP contribution in [0.1, 0.15) is 80.1 Å².